The third-order valence-electron chi connectivity index (χ3n) is 4.33. The van der Waals surface area contributed by atoms with Gasteiger partial charge in [0.05, 0.1) is 0 Å². The van der Waals surface area contributed by atoms with E-state index in [-0.39, 0.29) is 0 Å². The van der Waals surface area contributed by atoms with E-state index in [0.717, 1.165) is 70.3 Å². The number of nitrogens with two attached hydrogens (primary N) is 1. The first-order chi connectivity index (χ1) is 9.36. The average molecular weight is 265 g/mol. The number of piperidine rings is 1. The topological polar surface area (TPSA) is 80.1 Å². The maximum atomic E-state index is 5.72. The summed E-state index contributed by atoms with van der Waals surface area (Å²) in [6, 6.07) is 0. The summed E-state index contributed by atoms with van der Waals surface area (Å²) in [5.74, 6) is 3.04. The molecule has 1 aromatic heterocycles. The van der Waals surface area contributed by atoms with Crippen LogP contribution in [-0.2, 0) is 4.74 Å². The number of nitrogens with zero attached hydrogens (tertiary/aromatic N) is 3. The van der Waals surface area contributed by atoms with Gasteiger partial charge in [0.25, 0.3) is 0 Å². The lowest BCUT2D eigenvalue weighted by Gasteiger charge is -2.30. The predicted molar refractivity (Wildman–Crippen MR) is 73.2 cm³/mol. The van der Waals surface area contributed by atoms with Gasteiger partial charge in [-0.15, -0.1) is 5.10 Å². The summed E-state index contributed by atoms with van der Waals surface area (Å²) in [6.07, 6.45) is 4.39. The van der Waals surface area contributed by atoms with E-state index in [1.54, 1.807) is 0 Å². The number of nitrogens with one attached hydrogen (secondary N) is 1. The molecule has 106 valence electrons. The van der Waals surface area contributed by atoms with Gasteiger partial charge in [-0.1, -0.05) is 0 Å². The third-order valence-corrected chi connectivity index (χ3v) is 4.33. The lowest BCUT2D eigenvalue weighted by atomic mass is 9.97. The van der Waals surface area contributed by atoms with E-state index in [2.05, 4.69) is 20.1 Å². The second kappa shape index (κ2) is 5.88. The second-order valence-electron chi connectivity index (χ2n) is 5.57. The van der Waals surface area contributed by atoms with Crippen LogP contribution in [0.2, 0.25) is 0 Å². The molecule has 0 atom stereocenters. The van der Waals surface area contributed by atoms with E-state index in [4.69, 9.17) is 10.5 Å². The summed E-state index contributed by atoms with van der Waals surface area (Å²) in [5, 5.41) is 7.50. The van der Waals surface area contributed by atoms with E-state index in [1.165, 1.54) is 0 Å². The van der Waals surface area contributed by atoms with Crippen LogP contribution in [0.1, 0.15) is 37.4 Å². The molecule has 0 unspecified atom stereocenters. The monoisotopic (exact) mass is 265 g/mol. The van der Waals surface area contributed by atoms with Crippen LogP contribution in [0.15, 0.2) is 0 Å². The number of anilines is 1. The minimum absolute atomic E-state index is 0.483. The zero-order valence-corrected chi connectivity index (χ0v) is 11.3. The van der Waals surface area contributed by atoms with E-state index >= 15 is 0 Å². The molecule has 3 N–H and O–H groups in total. The highest BCUT2D eigenvalue weighted by Gasteiger charge is 2.24. The maximum Gasteiger partial charge on any atom is 0.244 e. The first-order valence-electron chi connectivity index (χ1n) is 7.32. The summed E-state index contributed by atoms with van der Waals surface area (Å²) in [7, 11) is 0. The fourth-order valence-corrected chi connectivity index (χ4v) is 2.93. The minimum Gasteiger partial charge on any atom is -0.381 e. The van der Waals surface area contributed by atoms with Crippen molar-refractivity contribution in [2.24, 2.45) is 11.7 Å². The first-order valence-corrected chi connectivity index (χ1v) is 7.32. The Hall–Kier alpha value is -1.14. The van der Waals surface area contributed by atoms with Gasteiger partial charge in [0.15, 0.2) is 0 Å². The fourth-order valence-electron chi connectivity index (χ4n) is 2.93. The van der Waals surface area contributed by atoms with E-state index < -0.39 is 0 Å². The molecule has 19 heavy (non-hydrogen) atoms. The molecule has 0 aromatic carbocycles. The van der Waals surface area contributed by atoms with Crippen LogP contribution in [0, 0.1) is 5.92 Å². The molecule has 1 aromatic rings. The van der Waals surface area contributed by atoms with Crippen molar-refractivity contribution in [2.45, 2.75) is 31.6 Å². The van der Waals surface area contributed by atoms with Crippen LogP contribution in [0.25, 0.3) is 0 Å². The molecule has 0 saturated carbocycles. The lowest BCUT2D eigenvalue weighted by Crippen LogP contribution is -2.36. The second-order valence-corrected chi connectivity index (χ2v) is 5.57. The molecular weight excluding hydrogens is 242 g/mol. The summed E-state index contributed by atoms with van der Waals surface area (Å²) < 4.78 is 5.38. The van der Waals surface area contributed by atoms with Crippen molar-refractivity contribution >= 4 is 5.95 Å². The fraction of sp³-hybridized carbons (Fsp3) is 0.846. The van der Waals surface area contributed by atoms with Gasteiger partial charge >= 0.3 is 0 Å². The molecular formula is C13H23N5O. The number of aromatic amines is 1. The van der Waals surface area contributed by atoms with Crippen LogP contribution in [0.5, 0.6) is 0 Å². The smallest absolute Gasteiger partial charge is 0.244 e. The SMILES string of the molecule is NCC1CCN(c2n[nH]c(C3CCOCC3)n2)CC1. The van der Waals surface area contributed by atoms with Gasteiger partial charge < -0.3 is 15.4 Å². The Morgan fingerprint density at radius 2 is 1.95 bits per heavy atom. The highest BCUT2D eigenvalue weighted by Crippen LogP contribution is 2.26. The molecule has 3 rings (SSSR count). The Morgan fingerprint density at radius 3 is 2.63 bits per heavy atom. The van der Waals surface area contributed by atoms with Crippen LogP contribution in [0.4, 0.5) is 5.95 Å². The van der Waals surface area contributed by atoms with Crippen molar-refractivity contribution in [1.29, 1.82) is 0 Å². The maximum absolute atomic E-state index is 5.72. The predicted octanol–water partition coefficient (Wildman–Crippen LogP) is 0.874. The van der Waals surface area contributed by atoms with Crippen molar-refractivity contribution < 1.29 is 4.74 Å². The van der Waals surface area contributed by atoms with Crippen LogP contribution in [0.3, 0.4) is 0 Å². The molecule has 2 saturated heterocycles. The Morgan fingerprint density at radius 1 is 1.21 bits per heavy atom. The third kappa shape index (κ3) is 2.90. The Kier molecular flexibility index (Phi) is 3.98. The van der Waals surface area contributed by atoms with Crippen molar-refractivity contribution in [3.05, 3.63) is 5.82 Å². The van der Waals surface area contributed by atoms with Crippen LogP contribution < -0.4 is 10.6 Å². The van der Waals surface area contributed by atoms with Gasteiger partial charge in [-0.05, 0) is 38.1 Å². The molecule has 6 heteroatoms. The van der Waals surface area contributed by atoms with Crippen molar-refractivity contribution in [3.63, 3.8) is 0 Å². The van der Waals surface area contributed by atoms with E-state index in [9.17, 15) is 0 Å². The van der Waals surface area contributed by atoms with Gasteiger partial charge in [0.2, 0.25) is 5.95 Å². The molecule has 2 aliphatic heterocycles. The molecule has 0 bridgehead atoms. The van der Waals surface area contributed by atoms with E-state index in [1.807, 2.05) is 0 Å². The van der Waals surface area contributed by atoms with E-state index in [0.29, 0.717) is 11.8 Å². The standard InChI is InChI=1S/C13H23N5O/c14-9-10-1-5-18(6-2-10)13-15-12(16-17-13)11-3-7-19-8-4-11/h10-11H,1-9,14H2,(H,15,16,17). The number of H-pyrrole nitrogens is 1. The number of aromatic nitrogens is 3. The van der Waals surface area contributed by atoms with Crippen molar-refractivity contribution in [1.82, 2.24) is 15.2 Å². The highest BCUT2D eigenvalue weighted by atomic mass is 16.5. The summed E-state index contributed by atoms with van der Waals surface area (Å²) in [6.45, 7) is 4.51. The lowest BCUT2D eigenvalue weighted by molar-refractivity contribution is 0.0836. The Labute approximate surface area is 113 Å². The quantitative estimate of drug-likeness (QED) is 0.848. The Balaban J connectivity index is 1.61. The Bertz CT molecular complexity index is 393. The molecule has 0 radical (unpaired) electrons. The first kappa shape index (κ1) is 12.9. The van der Waals surface area contributed by atoms with Gasteiger partial charge in [-0.2, -0.15) is 4.98 Å². The zero-order valence-electron chi connectivity index (χ0n) is 11.3. The molecule has 6 nitrogen and oxygen atoms in total. The molecule has 0 amide bonds. The summed E-state index contributed by atoms with van der Waals surface area (Å²) >= 11 is 0. The molecule has 2 aliphatic rings. The van der Waals surface area contributed by atoms with Gasteiger partial charge in [-0.3, -0.25) is 5.10 Å². The molecule has 3 heterocycles. The number of rotatable bonds is 3. The van der Waals surface area contributed by atoms with Crippen molar-refractivity contribution in [3.8, 4) is 0 Å². The van der Waals surface area contributed by atoms with Gasteiger partial charge in [0.1, 0.15) is 5.82 Å². The van der Waals surface area contributed by atoms with Crippen LogP contribution >= 0.6 is 0 Å². The number of ether oxygens (including phenoxy) is 1. The average Bonchev–Trinajstić information content (AvgIpc) is 2.98. The van der Waals surface area contributed by atoms with Crippen LogP contribution in [-0.4, -0.2) is 48.0 Å². The largest absolute Gasteiger partial charge is 0.381 e. The van der Waals surface area contributed by atoms with Gasteiger partial charge in [0, 0.05) is 32.2 Å². The minimum atomic E-state index is 0.483. The highest BCUT2D eigenvalue weighted by molar-refractivity contribution is 5.29. The summed E-state index contributed by atoms with van der Waals surface area (Å²) in [4.78, 5) is 6.95. The normalized spacial score (nSPS) is 22.9. The zero-order chi connectivity index (χ0) is 13.1. The summed E-state index contributed by atoms with van der Waals surface area (Å²) in [5.41, 5.74) is 5.72. The van der Waals surface area contributed by atoms with Gasteiger partial charge in [-0.25, -0.2) is 0 Å². The number of hydrogen-bond acceptors (Lipinski definition) is 5. The molecule has 0 spiro atoms. The van der Waals surface area contributed by atoms with Crippen molar-refractivity contribution in [2.75, 3.05) is 37.7 Å². The molecule has 2 fully saturated rings. The number of hydrogen-bond donors (Lipinski definition) is 2. The molecule has 0 aliphatic carbocycles.